The van der Waals surface area contributed by atoms with E-state index in [4.69, 9.17) is 4.74 Å². The molecule has 0 saturated carbocycles. The zero-order valence-corrected chi connectivity index (χ0v) is 14.2. The van der Waals surface area contributed by atoms with Crippen LogP contribution in [0.4, 0.5) is 4.79 Å². The van der Waals surface area contributed by atoms with E-state index in [0.29, 0.717) is 5.92 Å². The van der Waals surface area contributed by atoms with E-state index in [0.717, 1.165) is 39.0 Å². The molecule has 0 aromatic rings. The standard InChI is InChI=1S/C16H32N2O3/c1-6-16(5,12-19)11-17-9-13-7-8-18(10-13)14(20)21-15(2,3)4/h13,17,19H,6-12H2,1-5H3. The molecular formula is C16H32N2O3. The average molecular weight is 300 g/mol. The molecule has 0 spiro atoms. The Morgan fingerprint density at radius 3 is 2.57 bits per heavy atom. The second-order valence-electron chi connectivity index (χ2n) is 7.53. The molecule has 1 aliphatic heterocycles. The maximum Gasteiger partial charge on any atom is 0.410 e. The molecule has 124 valence electrons. The van der Waals surface area contributed by atoms with Crippen LogP contribution in [0.5, 0.6) is 0 Å². The van der Waals surface area contributed by atoms with E-state index < -0.39 is 5.60 Å². The summed E-state index contributed by atoms with van der Waals surface area (Å²) in [5.41, 5.74) is -0.485. The maximum absolute atomic E-state index is 12.0. The molecule has 0 aliphatic carbocycles. The third-order valence-electron chi connectivity index (χ3n) is 4.16. The van der Waals surface area contributed by atoms with Gasteiger partial charge in [0.2, 0.25) is 0 Å². The van der Waals surface area contributed by atoms with Crippen LogP contribution in [0.1, 0.15) is 47.5 Å². The van der Waals surface area contributed by atoms with Gasteiger partial charge in [0.25, 0.3) is 0 Å². The molecule has 0 radical (unpaired) electrons. The van der Waals surface area contributed by atoms with Gasteiger partial charge in [-0.1, -0.05) is 13.8 Å². The molecule has 21 heavy (non-hydrogen) atoms. The van der Waals surface area contributed by atoms with Gasteiger partial charge in [0.1, 0.15) is 5.60 Å². The molecule has 1 saturated heterocycles. The second-order valence-corrected chi connectivity index (χ2v) is 7.53. The maximum atomic E-state index is 12.0. The van der Waals surface area contributed by atoms with Crippen molar-refractivity contribution in [2.45, 2.75) is 53.1 Å². The van der Waals surface area contributed by atoms with E-state index in [1.54, 1.807) is 4.90 Å². The van der Waals surface area contributed by atoms with Crippen LogP contribution in [-0.2, 0) is 4.74 Å². The minimum atomic E-state index is -0.433. The number of rotatable bonds is 6. The predicted molar refractivity (Wildman–Crippen MR) is 84.3 cm³/mol. The number of nitrogens with one attached hydrogen (secondary N) is 1. The minimum Gasteiger partial charge on any atom is -0.444 e. The lowest BCUT2D eigenvalue weighted by Gasteiger charge is -2.27. The van der Waals surface area contributed by atoms with Crippen LogP contribution in [0.25, 0.3) is 0 Å². The number of aliphatic hydroxyl groups is 1. The van der Waals surface area contributed by atoms with Crippen LogP contribution in [0.15, 0.2) is 0 Å². The predicted octanol–water partition coefficient (Wildman–Crippen LogP) is 2.24. The number of hydrogen-bond acceptors (Lipinski definition) is 4. The van der Waals surface area contributed by atoms with Crippen LogP contribution in [0.2, 0.25) is 0 Å². The summed E-state index contributed by atoms with van der Waals surface area (Å²) < 4.78 is 5.40. The van der Waals surface area contributed by atoms with Crippen LogP contribution in [0, 0.1) is 11.3 Å². The number of nitrogens with zero attached hydrogens (tertiary/aromatic N) is 1. The van der Waals surface area contributed by atoms with Gasteiger partial charge in [-0.05, 0) is 46.1 Å². The molecule has 0 bridgehead atoms. The lowest BCUT2D eigenvalue weighted by atomic mass is 9.88. The molecule has 1 fully saturated rings. The summed E-state index contributed by atoms with van der Waals surface area (Å²) in [7, 11) is 0. The number of aliphatic hydroxyl groups excluding tert-OH is 1. The van der Waals surface area contributed by atoms with Gasteiger partial charge in [-0.3, -0.25) is 0 Å². The molecule has 0 aromatic heterocycles. The third kappa shape index (κ3) is 6.22. The molecule has 2 N–H and O–H groups in total. The van der Waals surface area contributed by atoms with Crippen molar-refractivity contribution in [2.24, 2.45) is 11.3 Å². The van der Waals surface area contributed by atoms with Gasteiger partial charge in [-0.2, -0.15) is 0 Å². The highest BCUT2D eigenvalue weighted by Gasteiger charge is 2.30. The second kappa shape index (κ2) is 7.45. The minimum absolute atomic E-state index is 0.0521. The van der Waals surface area contributed by atoms with Gasteiger partial charge < -0.3 is 20.1 Å². The Morgan fingerprint density at radius 1 is 1.38 bits per heavy atom. The molecule has 5 heteroatoms. The summed E-state index contributed by atoms with van der Waals surface area (Å²) in [6.07, 6.45) is 1.75. The highest BCUT2D eigenvalue weighted by Crippen LogP contribution is 2.21. The third-order valence-corrected chi connectivity index (χ3v) is 4.16. The average Bonchev–Trinajstić information content (AvgIpc) is 2.85. The molecule has 0 aromatic carbocycles. The van der Waals surface area contributed by atoms with Crippen molar-refractivity contribution in [3.05, 3.63) is 0 Å². The topological polar surface area (TPSA) is 61.8 Å². The Kier molecular flexibility index (Phi) is 6.47. The SMILES string of the molecule is CCC(C)(CO)CNCC1CCN(C(=O)OC(C)(C)C)C1. The van der Waals surface area contributed by atoms with Crippen LogP contribution < -0.4 is 5.32 Å². The number of amides is 1. The van der Waals surface area contributed by atoms with E-state index in [-0.39, 0.29) is 18.1 Å². The molecule has 1 aliphatic rings. The smallest absolute Gasteiger partial charge is 0.410 e. The fourth-order valence-corrected chi connectivity index (χ4v) is 2.36. The Morgan fingerprint density at radius 2 is 2.05 bits per heavy atom. The number of hydrogen-bond donors (Lipinski definition) is 2. The molecule has 1 amide bonds. The van der Waals surface area contributed by atoms with Crippen LogP contribution in [-0.4, -0.2) is 54.5 Å². The first kappa shape index (κ1) is 18.2. The highest BCUT2D eigenvalue weighted by molar-refractivity contribution is 5.68. The molecule has 5 nitrogen and oxygen atoms in total. The first-order valence-corrected chi connectivity index (χ1v) is 7.98. The van der Waals surface area contributed by atoms with Crippen molar-refractivity contribution in [1.82, 2.24) is 10.2 Å². The number of carbonyl (C=O) groups is 1. The van der Waals surface area contributed by atoms with E-state index in [9.17, 15) is 9.90 Å². The largest absolute Gasteiger partial charge is 0.444 e. The van der Waals surface area contributed by atoms with Crippen molar-refractivity contribution in [3.63, 3.8) is 0 Å². The van der Waals surface area contributed by atoms with E-state index >= 15 is 0 Å². The van der Waals surface area contributed by atoms with Gasteiger partial charge in [0, 0.05) is 31.7 Å². The van der Waals surface area contributed by atoms with Crippen molar-refractivity contribution < 1.29 is 14.6 Å². The number of carbonyl (C=O) groups excluding carboxylic acids is 1. The Bertz CT molecular complexity index is 335. The van der Waals surface area contributed by atoms with Crippen LogP contribution >= 0.6 is 0 Å². The van der Waals surface area contributed by atoms with Gasteiger partial charge in [0.15, 0.2) is 0 Å². The fraction of sp³-hybridized carbons (Fsp3) is 0.938. The molecule has 2 atom stereocenters. The van der Waals surface area contributed by atoms with Gasteiger partial charge in [0.05, 0.1) is 0 Å². The molecule has 2 unspecified atom stereocenters. The van der Waals surface area contributed by atoms with Crippen molar-refractivity contribution >= 4 is 6.09 Å². The Balaban J connectivity index is 2.30. The summed E-state index contributed by atoms with van der Waals surface area (Å²) in [5.74, 6) is 0.470. The quantitative estimate of drug-likeness (QED) is 0.790. The summed E-state index contributed by atoms with van der Waals surface area (Å²) >= 11 is 0. The summed E-state index contributed by atoms with van der Waals surface area (Å²) in [6.45, 7) is 13.3. The van der Waals surface area contributed by atoms with E-state index in [1.807, 2.05) is 20.8 Å². The van der Waals surface area contributed by atoms with Crippen molar-refractivity contribution in [2.75, 3.05) is 32.8 Å². The Hall–Kier alpha value is -0.810. The highest BCUT2D eigenvalue weighted by atomic mass is 16.6. The summed E-state index contributed by atoms with van der Waals surface area (Å²) in [4.78, 5) is 13.8. The van der Waals surface area contributed by atoms with Gasteiger partial charge in [-0.15, -0.1) is 0 Å². The normalized spacial score (nSPS) is 22.2. The fourth-order valence-electron chi connectivity index (χ4n) is 2.36. The van der Waals surface area contributed by atoms with E-state index in [1.165, 1.54) is 0 Å². The van der Waals surface area contributed by atoms with Crippen LogP contribution in [0.3, 0.4) is 0 Å². The summed E-state index contributed by atoms with van der Waals surface area (Å²) in [6, 6.07) is 0. The lowest BCUT2D eigenvalue weighted by Crippen LogP contribution is -2.38. The molecule has 1 heterocycles. The molecular weight excluding hydrogens is 268 g/mol. The van der Waals surface area contributed by atoms with E-state index in [2.05, 4.69) is 19.2 Å². The van der Waals surface area contributed by atoms with Crippen molar-refractivity contribution in [1.29, 1.82) is 0 Å². The Labute approximate surface area is 129 Å². The summed E-state index contributed by atoms with van der Waals surface area (Å²) in [5, 5.41) is 12.8. The number of likely N-dealkylation sites (tertiary alicyclic amines) is 1. The zero-order chi connectivity index (χ0) is 16.1. The molecule has 1 rings (SSSR count). The van der Waals surface area contributed by atoms with Crippen molar-refractivity contribution in [3.8, 4) is 0 Å². The van der Waals surface area contributed by atoms with Gasteiger partial charge >= 0.3 is 6.09 Å². The van der Waals surface area contributed by atoms with Gasteiger partial charge in [-0.25, -0.2) is 4.79 Å². The lowest BCUT2D eigenvalue weighted by molar-refractivity contribution is 0.0288. The first-order chi connectivity index (χ1) is 9.69. The zero-order valence-electron chi connectivity index (χ0n) is 14.2. The monoisotopic (exact) mass is 300 g/mol. The number of ether oxygens (including phenoxy) is 1. The first-order valence-electron chi connectivity index (χ1n) is 7.98.